The maximum atomic E-state index is 8.67. The van der Waals surface area contributed by atoms with Gasteiger partial charge >= 0.3 is 0 Å². The molecule has 2 rings (SSSR count). The van der Waals surface area contributed by atoms with Crippen molar-refractivity contribution in [2.45, 2.75) is 12.8 Å². The van der Waals surface area contributed by atoms with Crippen LogP contribution in [0.25, 0.3) is 0 Å². The van der Waals surface area contributed by atoms with Gasteiger partial charge in [0.15, 0.2) is 5.82 Å². The zero-order chi connectivity index (χ0) is 10.7. The molecular formula is C10H12N4O. The first-order chi connectivity index (χ1) is 7.31. The molecule has 15 heavy (non-hydrogen) atoms. The van der Waals surface area contributed by atoms with Crippen LogP contribution in [0, 0.1) is 11.3 Å². The molecule has 5 nitrogen and oxygen atoms in total. The summed E-state index contributed by atoms with van der Waals surface area (Å²) in [5, 5.41) is 10.4. The molecule has 1 aliphatic rings. The molecule has 1 fully saturated rings. The average molecular weight is 204 g/mol. The third kappa shape index (κ3) is 2.00. The molecule has 0 aliphatic carbocycles. The number of nitrogen functional groups attached to an aromatic ring is 1. The highest BCUT2D eigenvalue weighted by Crippen LogP contribution is 2.23. The highest BCUT2D eigenvalue weighted by molar-refractivity contribution is 5.63. The molecule has 2 N–H and O–H groups in total. The van der Waals surface area contributed by atoms with Crippen LogP contribution in [0.1, 0.15) is 18.4 Å². The van der Waals surface area contributed by atoms with Gasteiger partial charge in [0.25, 0.3) is 0 Å². The Hall–Kier alpha value is -1.80. The molecule has 1 aromatic heterocycles. The molecule has 1 aromatic rings. The van der Waals surface area contributed by atoms with E-state index in [1.165, 1.54) is 6.20 Å². The second-order valence-electron chi connectivity index (χ2n) is 3.39. The first kappa shape index (κ1) is 9.74. The Morgan fingerprint density at radius 2 is 2.40 bits per heavy atom. The van der Waals surface area contributed by atoms with Crippen molar-refractivity contribution < 1.29 is 4.84 Å². The first-order valence-corrected chi connectivity index (χ1v) is 4.87. The number of rotatable bonds is 1. The number of nitrogens with zero attached hydrogens (tertiary/aromatic N) is 3. The van der Waals surface area contributed by atoms with E-state index in [4.69, 9.17) is 15.8 Å². The zero-order valence-electron chi connectivity index (χ0n) is 8.31. The van der Waals surface area contributed by atoms with Crippen molar-refractivity contribution in [1.82, 2.24) is 4.98 Å². The fraction of sp³-hybridized carbons (Fsp3) is 0.400. The monoisotopic (exact) mass is 204 g/mol. The number of anilines is 2. The van der Waals surface area contributed by atoms with Gasteiger partial charge in [-0.2, -0.15) is 5.26 Å². The predicted octanol–water partition coefficient (Wildman–Crippen LogP) is 1.07. The fourth-order valence-electron chi connectivity index (χ4n) is 1.51. The molecule has 0 radical (unpaired) electrons. The molecule has 0 amide bonds. The van der Waals surface area contributed by atoms with Crippen molar-refractivity contribution >= 4 is 11.5 Å². The number of aromatic nitrogens is 1. The summed E-state index contributed by atoms with van der Waals surface area (Å²) in [6.45, 7) is 1.49. The van der Waals surface area contributed by atoms with Gasteiger partial charge in [0.1, 0.15) is 6.07 Å². The maximum Gasteiger partial charge on any atom is 0.175 e. The summed E-state index contributed by atoms with van der Waals surface area (Å²) in [5.74, 6) is 0.605. The van der Waals surface area contributed by atoms with Gasteiger partial charge in [-0.25, -0.2) is 10.0 Å². The van der Waals surface area contributed by atoms with E-state index in [0.29, 0.717) is 23.7 Å². The van der Waals surface area contributed by atoms with Crippen molar-refractivity contribution in [3.8, 4) is 6.07 Å². The Kier molecular flexibility index (Phi) is 2.70. The SMILES string of the molecule is N#Cc1cnc(N2CCCCO2)c(N)c1. The minimum Gasteiger partial charge on any atom is -0.396 e. The molecule has 1 aliphatic heterocycles. The second kappa shape index (κ2) is 4.15. The lowest BCUT2D eigenvalue weighted by molar-refractivity contribution is 0.0764. The molecule has 78 valence electrons. The van der Waals surface area contributed by atoms with Gasteiger partial charge in [-0.3, -0.25) is 4.84 Å². The number of nitriles is 1. The Bertz CT molecular complexity index is 393. The summed E-state index contributed by atoms with van der Waals surface area (Å²) in [5.41, 5.74) is 6.74. The summed E-state index contributed by atoms with van der Waals surface area (Å²) in [6, 6.07) is 3.61. The number of hydroxylamine groups is 1. The summed E-state index contributed by atoms with van der Waals surface area (Å²) in [6.07, 6.45) is 3.64. The normalized spacial score (nSPS) is 16.1. The number of pyridine rings is 1. The van der Waals surface area contributed by atoms with Crippen molar-refractivity contribution in [2.24, 2.45) is 0 Å². The van der Waals surface area contributed by atoms with E-state index < -0.39 is 0 Å². The van der Waals surface area contributed by atoms with Crippen LogP contribution in [0.3, 0.4) is 0 Å². The van der Waals surface area contributed by atoms with Crippen molar-refractivity contribution in [1.29, 1.82) is 5.26 Å². The zero-order valence-corrected chi connectivity index (χ0v) is 8.31. The minimum absolute atomic E-state index is 0.466. The topological polar surface area (TPSA) is 75.2 Å². The lowest BCUT2D eigenvalue weighted by Crippen LogP contribution is -2.31. The van der Waals surface area contributed by atoms with Gasteiger partial charge < -0.3 is 5.73 Å². The average Bonchev–Trinajstić information content (AvgIpc) is 2.30. The van der Waals surface area contributed by atoms with E-state index in [2.05, 4.69) is 4.98 Å². The lowest BCUT2D eigenvalue weighted by atomic mass is 10.2. The van der Waals surface area contributed by atoms with E-state index in [1.54, 1.807) is 11.1 Å². The third-order valence-corrected chi connectivity index (χ3v) is 2.26. The van der Waals surface area contributed by atoms with Gasteiger partial charge in [0.05, 0.1) is 17.9 Å². The first-order valence-electron chi connectivity index (χ1n) is 4.87. The van der Waals surface area contributed by atoms with Crippen LogP contribution >= 0.6 is 0 Å². The van der Waals surface area contributed by atoms with Crippen molar-refractivity contribution in [2.75, 3.05) is 23.9 Å². The van der Waals surface area contributed by atoms with Crippen LogP contribution in [0.5, 0.6) is 0 Å². The summed E-state index contributed by atoms with van der Waals surface area (Å²) >= 11 is 0. The molecule has 2 heterocycles. The molecule has 0 unspecified atom stereocenters. The molecule has 1 saturated heterocycles. The highest BCUT2D eigenvalue weighted by Gasteiger charge is 2.15. The number of nitrogens with two attached hydrogens (primary N) is 1. The molecular weight excluding hydrogens is 192 g/mol. The van der Waals surface area contributed by atoms with Gasteiger partial charge in [-0.1, -0.05) is 0 Å². The molecule has 0 spiro atoms. The standard InChI is InChI=1S/C10H12N4O/c11-6-8-5-9(12)10(13-7-8)14-3-1-2-4-15-14/h5,7H,1-4,12H2. The molecule has 0 atom stereocenters. The van der Waals surface area contributed by atoms with Gasteiger partial charge in [-0.15, -0.1) is 0 Å². The van der Waals surface area contributed by atoms with Crippen molar-refractivity contribution in [3.63, 3.8) is 0 Å². The summed E-state index contributed by atoms with van der Waals surface area (Å²) < 4.78 is 0. The highest BCUT2D eigenvalue weighted by atomic mass is 16.7. The van der Waals surface area contributed by atoms with Gasteiger partial charge in [-0.05, 0) is 18.9 Å². The van der Waals surface area contributed by atoms with Crippen LogP contribution in [-0.4, -0.2) is 18.1 Å². The Labute approximate surface area is 88.0 Å². The van der Waals surface area contributed by atoms with Crippen molar-refractivity contribution in [3.05, 3.63) is 17.8 Å². The van der Waals surface area contributed by atoms with Gasteiger partial charge in [0, 0.05) is 12.7 Å². The lowest BCUT2D eigenvalue weighted by Gasteiger charge is -2.27. The van der Waals surface area contributed by atoms with E-state index in [-0.39, 0.29) is 0 Å². The van der Waals surface area contributed by atoms with E-state index >= 15 is 0 Å². The molecule has 0 aromatic carbocycles. The number of hydrogen-bond donors (Lipinski definition) is 1. The Morgan fingerprint density at radius 3 is 3.00 bits per heavy atom. The summed E-state index contributed by atoms with van der Waals surface area (Å²) in [4.78, 5) is 9.55. The number of hydrogen-bond acceptors (Lipinski definition) is 5. The Morgan fingerprint density at radius 1 is 1.53 bits per heavy atom. The van der Waals surface area contributed by atoms with Crippen LogP contribution in [0.4, 0.5) is 11.5 Å². The smallest absolute Gasteiger partial charge is 0.175 e. The maximum absolute atomic E-state index is 8.67. The largest absolute Gasteiger partial charge is 0.396 e. The minimum atomic E-state index is 0.466. The van der Waals surface area contributed by atoms with E-state index in [1.807, 2.05) is 6.07 Å². The fourth-order valence-corrected chi connectivity index (χ4v) is 1.51. The Balaban J connectivity index is 2.24. The molecule has 5 heteroatoms. The van der Waals surface area contributed by atoms with Crippen LogP contribution in [0.2, 0.25) is 0 Å². The van der Waals surface area contributed by atoms with E-state index in [0.717, 1.165) is 19.4 Å². The summed E-state index contributed by atoms with van der Waals surface area (Å²) in [7, 11) is 0. The quantitative estimate of drug-likeness (QED) is 0.740. The van der Waals surface area contributed by atoms with Gasteiger partial charge in [0.2, 0.25) is 0 Å². The predicted molar refractivity (Wildman–Crippen MR) is 55.9 cm³/mol. The van der Waals surface area contributed by atoms with Crippen LogP contribution in [0.15, 0.2) is 12.3 Å². The van der Waals surface area contributed by atoms with Crippen LogP contribution < -0.4 is 10.8 Å². The van der Waals surface area contributed by atoms with Crippen LogP contribution in [-0.2, 0) is 4.84 Å². The molecule has 0 saturated carbocycles. The molecule has 0 bridgehead atoms. The second-order valence-corrected chi connectivity index (χ2v) is 3.39. The van der Waals surface area contributed by atoms with E-state index in [9.17, 15) is 0 Å². The third-order valence-electron chi connectivity index (χ3n) is 2.26.